The van der Waals surface area contributed by atoms with Gasteiger partial charge in [0.1, 0.15) is 122 Å². The number of unbranched alkanes of at least 4 members (excludes halogenated alkanes) is 5. The standard InChI is InChI=1S/C60H97N3O29/c1-7-8-9-10-11-12-13-14-15-19-81-32-18-16-17-31(20-32)54(79)63-39-45(74)44(73)33(21-64)85-58(39)91-50-34(22-65)86-56(26(2)41(50)70)89-52-36(24-67)88-59(40(47(52)76)62-30(6)69)92-51-35(23-66)87-57(27(3)42(51)71)90-53-37(84-55(80)38(46(53)75)61-29(5)68)25-82-60-49(78)48(77)43(72)28(4)83-60/h12-13,16-18,20,26-28,33-53,55-60,64-67,70-78,80H,7-11,14-15,19,21-25H2,1-6H3,(H,61,68)(H,62,69)(H,63,79)/b13-12-/t26?,27?,28?,33?,34-,35-,36?,37?,38?,39?,40?,41?,42?,43+,44+,45+,46+,47+,48?,49+,50+,51+,52+,53+,55?,56-,57-,58-,59-,60+/m0/s1. The maximum atomic E-state index is 13.8. The SMILES string of the molecule is CCCCCC/C=C\CCCOc1cccc(C(=O)NC2[C@H](O[C@H]3C(O)C(C)[C@H](O[C@@H]4C(CO)O[C@@H](O[C@H]5C(O)C(C)[C@H](O[C@@H]6C(CO[C@@H]7OC(C)[C@@H](O)C(O)[C@H]7O)OC(O)C(NC(C)=O)[C@H]6O)O[C@H]5CO)C(NC(C)=O)[C@H]4O)O[C@H]3CO)OC(CO)[C@@H](O)[C@@H]2O)c1. The predicted octanol–water partition coefficient (Wildman–Crippen LogP) is -5.11. The molecule has 17 N–H and O–H groups in total. The lowest BCUT2D eigenvalue weighted by Crippen LogP contribution is -2.69. The number of allylic oxidation sites excluding steroid dienone is 2. The van der Waals surface area contributed by atoms with Gasteiger partial charge in [0.15, 0.2) is 37.7 Å². The minimum atomic E-state index is -1.88. The Bertz CT molecular complexity index is 2460. The van der Waals surface area contributed by atoms with Crippen molar-refractivity contribution in [1.82, 2.24) is 16.0 Å². The van der Waals surface area contributed by atoms with Gasteiger partial charge in [-0.05, 0) is 50.8 Å². The number of hydrogen-bond donors (Lipinski definition) is 17. The molecule has 0 aromatic heterocycles. The quantitative estimate of drug-likeness (QED) is 0.0263. The van der Waals surface area contributed by atoms with Crippen LogP contribution in [0.15, 0.2) is 36.4 Å². The summed E-state index contributed by atoms with van der Waals surface area (Å²) in [7, 11) is 0. The Balaban J connectivity index is 1.00. The molecule has 6 aliphatic heterocycles. The first kappa shape index (κ1) is 75.5. The summed E-state index contributed by atoms with van der Waals surface area (Å²) in [5.41, 5.74) is 0.103. The summed E-state index contributed by atoms with van der Waals surface area (Å²) >= 11 is 0. The second kappa shape index (κ2) is 35.4. The van der Waals surface area contributed by atoms with Gasteiger partial charge in [-0.15, -0.1) is 0 Å². The lowest BCUT2D eigenvalue weighted by molar-refractivity contribution is -0.375. The van der Waals surface area contributed by atoms with E-state index in [9.17, 15) is 85.9 Å². The lowest BCUT2D eigenvalue weighted by Gasteiger charge is -2.51. The zero-order chi connectivity index (χ0) is 67.2. The van der Waals surface area contributed by atoms with E-state index in [2.05, 4.69) is 35.0 Å². The monoisotopic (exact) mass is 1320 g/mol. The topological polar surface area (TPSA) is 481 Å². The highest BCUT2D eigenvalue weighted by atomic mass is 16.8. The summed E-state index contributed by atoms with van der Waals surface area (Å²) in [6, 6.07) is 1.57. The zero-order valence-electron chi connectivity index (χ0n) is 52.4. The number of amides is 3. The number of aliphatic hydroxyl groups is 14. The summed E-state index contributed by atoms with van der Waals surface area (Å²) in [4.78, 5) is 38.8. The number of nitrogens with one attached hydrogen (secondary N) is 3. The van der Waals surface area contributed by atoms with E-state index in [1.165, 1.54) is 52.2 Å². The Hall–Kier alpha value is -3.83. The summed E-state index contributed by atoms with van der Waals surface area (Å²) < 4.78 is 72.0. The maximum absolute atomic E-state index is 13.8. The summed E-state index contributed by atoms with van der Waals surface area (Å²) in [5, 5.41) is 162. The molecule has 0 saturated carbocycles. The van der Waals surface area contributed by atoms with Gasteiger partial charge in [0.25, 0.3) is 5.91 Å². The van der Waals surface area contributed by atoms with Gasteiger partial charge >= 0.3 is 0 Å². The van der Waals surface area contributed by atoms with Gasteiger partial charge in [0.2, 0.25) is 11.8 Å². The molecule has 13 unspecified atom stereocenters. The molecule has 1 aromatic rings. The van der Waals surface area contributed by atoms with Crippen molar-refractivity contribution in [1.29, 1.82) is 0 Å². The number of rotatable bonds is 29. The van der Waals surface area contributed by atoms with Crippen LogP contribution in [-0.2, 0) is 61.7 Å². The number of carbonyl (C=O) groups excluding carboxylic acids is 3. The van der Waals surface area contributed by atoms with Gasteiger partial charge < -0.3 is 144 Å². The molecule has 32 nitrogen and oxygen atoms in total. The van der Waals surface area contributed by atoms with E-state index in [1.54, 1.807) is 12.1 Å². The molecular formula is C60H97N3O29. The van der Waals surface area contributed by atoms with E-state index in [4.69, 9.17) is 56.8 Å². The molecule has 0 aliphatic carbocycles. The van der Waals surface area contributed by atoms with Crippen molar-refractivity contribution in [3.05, 3.63) is 42.0 Å². The van der Waals surface area contributed by atoms with Crippen molar-refractivity contribution in [3.63, 3.8) is 0 Å². The molecule has 6 fully saturated rings. The average Bonchev–Trinajstić information content (AvgIpc) is 0.788. The molecule has 1 aromatic carbocycles. The molecule has 526 valence electrons. The molecule has 6 heterocycles. The average molecular weight is 1320 g/mol. The van der Waals surface area contributed by atoms with E-state index >= 15 is 0 Å². The van der Waals surface area contributed by atoms with Crippen molar-refractivity contribution in [3.8, 4) is 5.75 Å². The molecule has 0 radical (unpaired) electrons. The smallest absolute Gasteiger partial charge is 0.251 e. The fourth-order valence-corrected chi connectivity index (χ4v) is 12.0. The highest BCUT2D eigenvalue weighted by molar-refractivity contribution is 5.94. The molecule has 0 bridgehead atoms. The number of benzene rings is 1. The lowest BCUT2D eigenvalue weighted by atomic mass is 9.90. The van der Waals surface area contributed by atoms with Crippen LogP contribution in [0.2, 0.25) is 0 Å². The van der Waals surface area contributed by atoms with Crippen LogP contribution < -0.4 is 20.7 Å². The van der Waals surface area contributed by atoms with E-state index in [0.717, 1.165) is 39.5 Å². The Morgan fingerprint density at radius 1 is 0.489 bits per heavy atom. The van der Waals surface area contributed by atoms with Gasteiger partial charge in [0.05, 0.1) is 58.0 Å². The normalized spacial score (nSPS) is 41.9. The molecular weight excluding hydrogens is 1230 g/mol. The molecule has 6 aliphatic rings. The highest BCUT2D eigenvalue weighted by Crippen LogP contribution is 2.39. The van der Waals surface area contributed by atoms with Crippen LogP contribution in [0.25, 0.3) is 0 Å². The first-order chi connectivity index (χ1) is 43.9. The Morgan fingerprint density at radius 3 is 1.53 bits per heavy atom. The van der Waals surface area contributed by atoms with E-state index in [-0.39, 0.29) is 5.56 Å². The first-order valence-corrected chi connectivity index (χ1v) is 31.5. The van der Waals surface area contributed by atoms with Crippen LogP contribution in [0.5, 0.6) is 5.75 Å². The number of carbonyl (C=O) groups is 3. The van der Waals surface area contributed by atoms with Gasteiger partial charge in [-0.1, -0.05) is 58.3 Å². The molecule has 7 rings (SSSR count). The number of ether oxygens (including phenoxy) is 12. The third-order valence-corrected chi connectivity index (χ3v) is 17.5. The van der Waals surface area contributed by atoms with Gasteiger partial charge in [-0.25, -0.2) is 0 Å². The maximum Gasteiger partial charge on any atom is 0.251 e. The minimum Gasteiger partial charge on any atom is -0.494 e. The Labute approximate surface area is 532 Å². The van der Waals surface area contributed by atoms with Crippen LogP contribution in [-0.4, -0.2) is 301 Å². The van der Waals surface area contributed by atoms with E-state index < -0.39 is 234 Å². The fraction of sp³-hybridized carbons (Fsp3) is 0.817. The van der Waals surface area contributed by atoms with Gasteiger partial charge in [-0.2, -0.15) is 0 Å². The second-order valence-electron chi connectivity index (χ2n) is 24.3. The van der Waals surface area contributed by atoms with Crippen LogP contribution in [0, 0.1) is 11.8 Å². The van der Waals surface area contributed by atoms with Crippen LogP contribution in [0.4, 0.5) is 0 Å². The van der Waals surface area contributed by atoms with Crippen LogP contribution in [0.1, 0.15) is 96.8 Å². The number of hydrogen-bond acceptors (Lipinski definition) is 29. The van der Waals surface area contributed by atoms with E-state index in [0.29, 0.717) is 12.4 Å². The van der Waals surface area contributed by atoms with Crippen LogP contribution in [0.3, 0.4) is 0 Å². The fourth-order valence-electron chi connectivity index (χ4n) is 12.0. The largest absolute Gasteiger partial charge is 0.494 e. The summed E-state index contributed by atoms with van der Waals surface area (Å²) in [5.74, 6) is -4.11. The number of aliphatic hydroxyl groups excluding tert-OH is 14. The third kappa shape index (κ3) is 18.6. The Morgan fingerprint density at radius 2 is 0.978 bits per heavy atom. The van der Waals surface area contributed by atoms with Crippen molar-refractivity contribution in [2.45, 2.75) is 258 Å². The van der Waals surface area contributed by atoms with Crippen molar-refractivity contribution >= 4 is 17.7 Å². The van der Waals surface area contributed by atoms with Crippen LogP contribution >= 0.6 is 0 Å². The molecule has 6 saturated heterocycles. The van der Waals surface area contributed by atoms with Gasteiger partial charge in [0, 0.05) is 31.2 Å². The van der Waals surface area contributed by atoms with Crippen molar-refractivity contribution < 1.29 is 143 Å². The predicted molar refractivity (Wildman–Crippen MR) is 312 cm³/mol. The zero-order valence-corrected chi connectivity index (χ0v) is 52.4. The second-order valence-corrected chi connectivity index (χ2v) is 24.3. The first-order valence-electron chi connectivity index (χ1n) is 31.5. The van der Waals surface area contributed by atoms with E-state index in [1.807, 2.05) is 0 Å². The molecule has 30 atom stereocenters. The molecule has 32 heteroatoms. The minimum absolute atomic E-state index is 0.103. The van der Waals surface area contributed by atoms with Gasteiger partial charge in [-0.3, -0.25) is 14.4 Å². The highest BCUT2D eigenvalue weighted by Gasteiger charge is 2.57. The summed E-state index contributed by atoms with van der Waals surface area (Å²) in [6.07, 6.45) is -28.9. The third-order valence-electron chi connectivity index (χ3n) is 17.5. The van der Waals surface area contributed by atoms with Crippen molar-refractivity contribution in [2.24, 2.45) is 11.8 Å². The summed E-state index contributed by atoms with van der Waals surface area (Å²) in [6.45, 7) is 4.89. The molecule has 3 amide bonds. The molecule has 92 heavy (non-hydrogen) atoms. The molecule has 0 spiro atoms. The Kier molecular flexibility index (Phi) is 29.1. The van der Waals surface area contributed by atoms with Crippen molar-refractivity contribution in [2.75, 3.05) is 39.6 Å².